The van der Waals surface area contributed by atoms with Crippen LogP contribution in [-0.4, -0.2) is 28.5 Å². The predicted octanol–water partition coefficient (Wildman–Crippen LogP) is 3.82. The zero-order chi connectivity index (χ0) is 19.9. The second-order valence-corrected chi connectivity index (χ2v) is 7.30. The Morgan fingerprint density at radius 3 is 2.82 bits per heavy atom. The summed E-state index contributed by atoms with van der Waals surface area (Å²) in [5.41, 5.74) is 2.29. The molecular formula is C20H18ClN3O3S. The van der Waals surface area contributed by atoms with Crippen molar-refractivity contribution in [1.29, 1.82) is 0 Å². The fourth-order valence-corrected chi connectivity index (χ4v) is 3.65. The number of carbonyl (C=O) groups is 2. The fourth-order valence-electron chi connectivity index (χ4n) is 2.54. The van der Waals surface area contributed by atoms with Crippen molar-refractivity contribution in [3.05, 3.63) is 70.5 Å². The number of aromatic nitrogens is 2. The summed E-state index contributed by atoms with van der Waals surface area (Å²) in [5, 5.41) is 5.91. The van der Waals surface area contributed by atoms with Crippen LogP contribution in [0.25, 0.3) is 10.6 Å². The van der Waals surface area contributed by atoms with Crippen molar-refractivity contribution in [2.24, 2.45) is 0 Å². The first kappa shape index (κ1) is 20.0. The minimum atomic E-state index is -0.511. The third kappa shape index (κ3) is 5.37. The van der Waals surface area contributed by atoms with Gasteiger partial charge < -0.3 is 10.1 Å². The van der Waals surface area contributed by atoms with Crippen LogP contribution in [0.15, 0.2) is 54.2 Å². The summed E-state index contributed by atoms with van der Waals surface area (Å²) in [6.45, 7) is 1.46. The van der Waals surface area contributed by atoms with Crippen LogP contribution < -0.4 is 5.32 Å². The number of ether oxygens (including phenoxy) is 1. The first-order valence-corrected chi connectivity index (χ1v) is 9.83. The SMILES string of the molecule is C[C@H](NC(=O)COC(=O)Cc1csc(-c2cccnc2)n1)c1ccccc1Cl. The first-order valence-electron chi connectivity index (χ1n) is 8.57. The number of rotatable bonds is 7. The van der Waals surface area contributed by atoms with E-state index in [0.717, 1.165) is 16.1 Å². The Hall–Kier alpha value is -2.77. The maximum Gasteiger partial charge on any atom is 0.312 e. The van der Waals surface area contributed by atoms with E-state index in [2.05, 4.69) is 15.3 Å². The van der Waals surface area contributed by atoms with Crippen molar-refractivity contribution < 1.29 is 14.3 Å². The van der Waals surface area contributed by atoms with Crippen LogP contribution in [0.1, 0.15) is 24.2 Å². The van der Waals surface area contributed by atoms with Gasteiger partial charge in [0.2, 0.25) is 0 Å². The molecule has 0 aliphatic carbocycles. The molecule has 0 aliphatic heterocycles. The fraction of sp³-hybridized carbons (Fsp3) is 0.200. The maximum atomic E-state index is 12.0. The Bertz CT molecular complexity index is 962. The molecule has 0 radical (unpaired) electrons. The van der Waals surface area contributed by atoms with Gasteiger partial charge in [0.15, 0.2) is 6.61 Å². The molecule has 144 valence electrons. The van der Waals surface area contributed by atoms with E-state index < -0.39 is 11.9 Å². The van der Waals surface area contributed by atoms with Gasteiger partial charge in [0, 0.05) is 28.4 Å². The number of pyridine rings is 1. The molecule has 0 aliphatic rings. The van der Waals surface area contributed by atoms with Crippen LogP contribution in [-0.2, 0) is 20.7 Å². The highest BCUT2D eigenvalue weighted by Crippen LogP contribution is 2.23. The van der Waals surface area contributed by atoms with Crippen molar-refractivity contribution in [3.63, 3.8) is 0 Å². The minimum absolute atomic E-state index is 0.00408. The Morgan fingerprint density at radius 1 is 1.25 bits per heavy atom. The summed E-state index contributed by atoms with van der Waals surface area (Å²) >= 11 is 7.55. The van der Waals surface area contributed by atoms with Crippen LogP contribution in [0.4, 0.5) is 0 Å². The van der Waals surface area contributed by atoms with E-state index in [0.29, 0.717) is 10.7 Å². The van der Waals surface area contributed by atoms with Gasteiger partial charge in [-0.1, -0.05) is 29.8 Å². The van der Waals surface area contributed by atoms with Gasteiger partial charge in [-0.15, -0.1) is 11.3 Å². The number of benzene rings is 1. The topological polar surface area (TPSA) is 81.2 Å². The van der Waals surface area contributed by atoms with Gasteiger partial charge in [0.05, 0.1) is 18.2 Å². The molecule has 1 amide bonds. The van der Waals surface area contributed by atoms with E-state index in [1.54, 1.807) is 23.8 Å². The van der Waals surface area contributed by atoms with Gasteiger partial charge >= 0.3 is 5.97 Å². The second kappa shape index (κ2) is 9.43. The Kier molecular flexibility index (Phi) is 6.73. The lowest BCUT2D eigenvalue weighted by Crippen LogP contribution is -2.31. The number of thiazole rings is 1. The molecule has 0 unspecified atom stereocenters. The van der Waals surface area contributed by atoms with Crippen LogP contribution >= 0.6 is 22.9 Å². The molecule has 3 aromatic rings. The van der Waals surface area contributed by atoms with E-state index in [1.807, 2.05) is 37.3 Å². The average molecular weight is 416 g/mol. The molecule has 0 saturated heterocycles. The van der Waals surface area contributed by atoms with Crippen molar-refractivity contribution in [2.75, 3.05) is 6.61 Å². The van der Waals surface area contributed by atoms with Crippen LogP contribution in [0.3, 0.4) is 0 Å². The van der Waals surface area contributed by atoms with Crippen molar-refractivity contribution in [2.45, 2.75) is 19.4 Å². The number of nitrogens with zero attached hydrogens (tertiary/aromatic N) is 2. The average Bonchev–Trinajstić information content (AvgIpc) is 3.16. The molecule has 0 bridgehead atoms. The van der Waals surface area contributed by atoms with Gasteiger partial charge in [-0.05, 0) is 30.7 Å². The van der Waals surface area contributed by atoms with Gasteiger partial charge in [-0.25, -0.2) is 4.98 Å². The molecule has 0 fully saturated rings. The van der Waals surface area contributed by atoms with E-state index in [1.165, 1.54) is 11.3 Å². The molecule has 28 heavy (non-hydrogen) atoms. The lowest BCUT2D eigenvalue weighted by Gasteiger charge is -2.15. The normalized spacial score (nSPS) is 11.6. The second-order valence-electron chi connectivity index (χ2n) is 6.03. The molecule has 2 aromatic heterocycles. The quantitative estimate of drug-likeness (QED) is 0.593. The molecule has 6 nitrogen and oxygen atoms in total. The number of nitrogens with one attached hydrogen (secondary N) is 1. The van der Waals surface area contributed by atoms with Crippen LogP contribution in [0.5, 0.6) is 0 Å². The monoisotopic (exact) mass is 415 g/mol. The molecule has 1 aromatic carbocycles. The number of hydrogen-bond acceptors (Lipinski definition) is 6. The molecular weight excluding hydrogens is 398 g/mol. The first-order chi connectivity index (χ1) is 13.5. The number of hydrogen-bond donors (Lipinski definition) is 1. The van der Waals surface area contributed by atoms with E-state index in [9.17, 15) is 9.59 Å². The summed E-state index contributed by atoms with van der Waals surface area (Å²) in [7, 11) is 0. The summed E-state index contributed by atoms with van der Waals surface area (Å²) in [6.07, 6.45) is 3.41. The molecule has 1 N–H and O–H groups in total. The Labute approximate surface area is 171 Å². The van der Waals surface area contributed by atoms with E-state index >= 15 is 0 Å². The standard InChI is InChI=1S/C20H18ClN3O3S/c1-13(16-6-2-3-7-17(16)21)23-18(25)11-27-19(26)9-15-12-28-20(24-15)14-5-4-8-22-10-14/h2-8,10,12-13H,9,11H2,1H3,(H,23,25)/t13-/m0/s1. The molecule has 3 rings (SSSR count). The highest BCUT2D eigenvalue weighted by Gasteiger charge is 2.15. The zero-order valence-electron chi connectivity index (χ0n) is 15.1. The summed E-state index contributed by atoms with van der Waals surface area (Å²) in [5.74, 6) is -0.904. The third-order valence-corrected chi connectivity index (χ3v) is 5.18. The Morgan fingerprint density at radius 2 is 2.07 bits per heavy atom. The van der Waals surface area contributed by atoms with Crippen LogP contribution in [0.2, 0.25) is 5.02 Å². The molecule has 8 heteroatoms. The highest BCUT2D eigenvalue weighted by atomic mass is 35.5. The van der Waals surface area contributed by atoms with E-state index in [-0.39, 0.29) is 19.1 Å². The predicted molar refractivity (Wildman–Crippen MR) is 108 cm³/mol. The zero-order valence-corrected chi connectivity index (χ0v) is 16.7. The summed E-state index contributed by atoms with van der Waals surface area (Å²) in [4.78, 5) is 32.5. The summed E-state index contributed by atoms with van der Waals surface area (Å²) in [6, 6.07) is 10.7. The van der Waals surface area contributed by atoms with Crippen molar-refractivity contribution in [1.82, 2.24) is 15.3 Å². The number of amides is 1. The maximum absolute atomic E-state index is 12.0. The van der Waals surface area contributed by atoms with Gasteiger partial charge in [-0.2, -0.15) is 0 Å². The molecule has 0 spiro atoms. The smallest absolute Gasteiger partial charge is 0.312 e. The molecule has 2 heterocycles. The van der Waals surface area contributed by atoms with Gasteiger partial charge in [0.25, 0.3) is 5.91 Å². The minimum Gasteiger partial charge on any atom is -0.455 e. The largest absolute Gasteiger partial charge is 0.455 e. The third-order valence-electron chi connectivity index (χ3n) is 3.90. The van der Waals surface area contributed by atoms with E-state index in [4.69, 9.17) is 16.3 Å². The molecule has 1 atom stereocenters. The Balaban J connectivity index is 1.47. The number of halogens is 1. The van der Waals surface area contributed by atoms with Crippen LogP contribution in [0, 0.1) is 0 Å². The lowest BCUT2D eigenvalue weighted by atomic mass is 10.1. The summed E-state index contributed by atoms with van der Waals surface area (Å²) < 4.78 is 5.06. The number of carbonyl (C=O) groups excluding carboxylic acids is 2. The van der Waals surface area contributed by atoms with Gasteiger partial charge in [0.1, 0.15) is 5.01 Å². The van der Waals surface area contributed by atoms with Crippen molar-refractivity contribution in [3.8, 4) is 10.6 Å². The highest BCUT2D eigenvalue weighted by molar-refractivity contribution is 7.13. The lowest BCUT2D eigenvalue weighted by molar-refractivity contribution is -0.148. The van der Waals surface area contributed by atoms with Crippen molar-refractivity contribution >= 4 is 34.8 Å². The van der Waals surface area contributed by atoms with Gasteiger partial charge in [-0.3, -0.25) is 14.6 Å². The molecule has 0 saturated carbocycles. The number of esters is 1.